The fraction of sp³-hybridized carbons (Fsp3) is 1.00. The molecule has 0 saturated carbocycles. The lowest BCUT2D eigenvalue weighted by atomic mass is 10.1. The predicted octanol–water partition coefficient (Wildman–Crippen LogP) is 0.554. The first-order valence-corrected chi connectivity index (χ1v) is 9.07. The number of nitrogens with zero attached hydrogens (tertiary/aromatic N) is 1. The van der Waals surface area contributed by atoms with Gasteiger partial charge in [-0.3, -0.25) is 9.45 Å². The van der Waals surface area contributed by atoms with E-state index >= 15 is 0 Å². The lowest BCUT2D eigenvalue weighted by molar-refractivity contribution is -0.120. The summed E-state index contributed by atoms with van der Waals surface area (Å²) in [5.41, 5.74) is 0. The van der Waals surface area contributed by atoms with Crippen LogP contribution in [0.4, 0.5) is 0 Å². The van der Waals surface area contributed by atoms with Crippen LogP contribution < -0.4 is 0 Å². The highest BCUT2D eigenvalue weighted by Crippen LogP contribution is 2.14. The second-order valence-corrected chi connectivity index (χ2v) is 6.84. The Morgan fingerprint density at radius 2 is 1.38 bits per heavy atom. The van der Waals surface area contributed by atoms with E-state index in [1.54, 1.807) is 0 Å². The first kappa shape index (κ1) is 20.8. The zero-order chi connectivity index (χ0) is 16.5. The molecule has 0 radical (unpaired) electrons. The highest BCUT2D eigenvalue weighted by atomic mass is 32.2. The largest absolute Gasteiger partial charge is 0.391 e. The minimum absolute atomic E-state index is 0.213. The molecule has 0 saturated heterocycles. The predicted molar refractivity (Wildman–Crippen MR) is 80.2 cm³/mol. The number of aliphatic hydroxyl groups excluding tert-OH is 3. The molecule has 0 heterocycles. The van der Waals surface area contributed by atoms with Gasteiger partial charge in [-0.05, 0) is 25.7 Å². The Labute approximate surface area is 127 Å². The summed E-state index contributed by atoms with van der Waals surface area (Å²) < 4.78 is 30.2. The second-order valence-electron chi connectivity index (χ2n) is 5.34. The number of hydrogen-bond donors (Lipinski definition) is 4. The molecule has 3 atom stereocenters. The summed E-state index contributed by atoms with van der Waals surface area (Å²) in [5, 5.41) is 29.9. The normalized spacial score (nSPS) is 16.9. The molecule has 0 aromatic heterocycles. The molecule has 7 nitrogen and oxygen atoms in total. The van der Waals surface area contributed by atoms with Crippen LogP contribution in [0.2, 0.25) is 0 Å². The molecule has 128 valence electrons. The molecule has 0 amide bonds. The van der Waals surface area contributed by atoms with Crippen molar-refractivity contribution >= 4 is 10.1 Å². The van der Waals surface area contributed by atoms with Crippen LogP contribution in [0, 0.1) is 0 Å². The maximum Gasteiger partial charge on any atom is 0.267 e. The van der Waals surface area contributed by atoms with Crippen LogP contribution in [0.5, 0.6) is 0 Å². The Morgan fingerprint density at radius 3 is 1.71 bits per heavy atom. The van der Waals surface area contributed by atoms with Crippen molar-refractivity contribution in [3.8, 4) is 0 Å². The molecule has 0 fully saturated rings. The van der Waals surface area contributed by atoms with E-state index in [1.807, 2.05) is 13.8 Å². The third kappa shape index (κ3) is 10.2. The van der Waals surface area contributed by atoms with Gasteiger partial charge in [0.2, 0.25) is 0 Å². The van der Waals surface area contributed by atoms with E-state index in [4.69, 9.17) is 4.55 Å². The van der Waals surface area contributed by atoms with Gasteiger partial charge < -0.3 is 15.3 Å². The quantitative estimate of drug-likeness (QED) is 0.305. The minimum atomic E-state index is -4.29. The van der Waals surface area contributed by atoms with Crippen molar-refractivity contribution in [1.82, 2.24) is 4.90 Å². The summed E-state index contributed by atoms with van der Waals surface area (Å²) in [7, 11) is -4.29. The first-order chi connectivity index (χ1) is 9.71. The van der Waals surface area contributed by atoms with Crippen LogP contribution in [0.25, 0.3) is 0 Å². The van der Waals surface area contributed by atoms with Crippen LogP contribution in [0.3, 0.4) is 0 Å². The van der Waals surface area contributed by atoms with Gasteiger partial charge in [0.1, 0.15) is 18.2 Å². The Morgan fingerprint density at radius 1 is 0.952 bits per heavy atom. The fourth-order valence-corrected chi connectivity index (χ4v) is 2.68. The molecule has 0 aliphatic carbocycles. The average Bonchev–Trinajstić information content (AvgIpc) is 2.37. The van der Waals surface area contributed by atoms with Crippen molar-refractivity contribution in [2.75, 3.05) is 12.3 Å². The maximum atomic E-state index is 10.8. The maximum absolute atomic E-state index is 10.8. The Balaban J connectivity index is 4.69. The fourth-order valence-electron chi connectivity index (χ4n) is 2.09. The second kappa shape index (κ2) is 10.5. The topological polar surface area (TPSA) is 118 Å². The van der Waals surface area contributed by atoms with E-state index in [0.717, 1.165) is 25.7 Å². The van der Waals surface area contributed by atoms with Crippen LogP contribution in [0.1, 0.15) is 52.4 Å². The molecule has 21 heavy (non-hydrogen) atoms. The number of rotatable bonds is 12. The Kier molecular flexibility index (Phi) is 10.3. The van der Waals surface area contributed by atoms with Crippen LogP contribution in [0.15, 0.2) is 0 Å². The van der Waals surface area contributed by atoms with Gasteiger partial charge >= 0.3 is 0 Å². The number of aliphatic hydroxyl groups is 3. The highest BCUT2D eigenvalue weighted by molar-refractivity contribution is 7.85. The zero-order valence-electron chi connectivity index (χ0n) is 12.8. The van der Waals surface area contributed by atoms with E-state index in [0.29, 0.717) is 12.8 Å². The Bertz CT molecular complexity index is 348. The van der Waals surface area contributed by atoms with E-state index in [9.17, 15) is 23.7 Å². The van der Waals surface area contributed by atoms with E-state index in [-0.39, 0.29) is 6.54 Å². The van der Waals surface area contributed by atoms with Gasteiger partial charge in [0.25, 0.3) is 10.1 Å². The van der Waals surface area contributed by atoms with Crippen molar-refractivity contribution < 1.29 is 28.3 Å². The molecule has 0 aliphatic heterocycles. The van der Waals surface area contributed by atoms with E-state index < -0.39 is 34.4 Å². The first-order valence-electron chi connectivity index (χ1n) is 7.46. The summed E-state index contributed by atoms with van der Waals surface area (Å²) in [4.78, 5) is 1.29. The molecular weight excluding hydrogens is 298 g/mol. The summed E-state index contributed by atoms with van der Waals surface area (Å²) >= 11 is 0. The summed E-state index contributed by atoms with van der Waals surface area (Å²) in [6.45, 7) is 3.73. The van der Waals surface area contributed by atoms with Gasteiger partial charge in [0.15, 0.2) is 0 Å². The lowest BCUT2D eigenvalue weighted by Gasteiger charge is -2.33. The summed E-state index contributed by atoms with van der Waals surface area (Å²) in [6, 6.07) is 0. The van der Waals surface area contributed by atoms with Crippen molar-refractivity contribution in [1.29, 1.82) is 0 Å². The number of unbranched alkanes of at least 4 members (excludes halogenated alkanes) is 2. The SMILES string of the molecule is CCCCC(O)N(CC(O)CS(=O)(=O)O)C(O)CCCC. The smallest absolute Gasteiger partial charge is 0.267 e. The van der Waals surface area contributed by atoms with Crippen molar-refractivity contribution in [3.63, 3.8) is 0 Å². The van der Waals surface area contributed by atoms with Crippen molar-refractivity contribution in [2.24, 2.45) is 0 Å². The molecule has 0 spiro atoms. The highest BCUT2D eigenvalue weighted by Gasteiger charge is 2.26. The van der Waals surface area contributed by atoms with Crippen molar-refractivity contribution in [3.05, 3.63) is 0 Å². The molecule has 0 aromatic rings. The molecule has 0 rings (SSSR count). The Hall–Kier alpha value is -0.250. The minimum Gasteiger partial charge on any atom is -0.391 e. The van der Waals surface area contributed by atoms with Gasteiger partial charge in [-0.25, -0.2) is 0 Å². The third-order valence-corrected chi connectivity index (χ3v) is 4.03. The molecule has 4 N–H and O–H groups in total. The zero-order valence-corrected chi connectivity index (χ0v) is 13.7. The molecule has 8 heteroatoms. The molecular formula is C13H29NO6S. The number of hydrogen-bond acceptors (Lipinski definition) is 6. The van der Waals surface area contributed by atoms with E-state index in [1.165, 1.54) is 4.90 Å². The van der Waals surface area contributed by atoms with Gasteiger partial charge in [-0.2, -0.15) is 8.42 Å². The molecule has 3 unspecified atom stereocenters. The molecule has 0 aromatic carbocycles. The van der Waals surface area contributed by atoms with Gasteiger partial charge in [-0.1, -0.05) is 26.7 Å². The van der Waals surface area contributed by atoms with Crippen LogP contribution in [-0.4, -0.2) is 64.0 Å². The van der Waals surface area contributed by atoms with Gasteiger partial charge in [-0.15, -0.1) is 0 Å². The monoisotopic (exact) mass is 327 g/mol. The standard InChI is InChI=1S/C13H29NO6S/c1-3-5-7-12(16)14(13(17)8-6-4-2)9-11(15)10-21(18,19)20/h11-13,15-17H,3-10H2,1-2H3,(H,18,19,20). The summed E-state index contributed by atoms with van der Waals surface area (Å²) in [6.07, 6.45) is 0.858. The third-order valence-electron chi connectivity index (χ3n) is 3.22. The van der Waals surface area contributed by atoms with Gasteiger partial charge in [0.05, 0.1) is 6.10 Å². The van der Waals surface area contributed by atoms with Crippen LogP contribution in [-0.2, 0) is 10.1 Å². The van der Waals surface area contributed by atoms with Crippen LogP contribution >= 0.6 is 0 Å². The lowest BCUT2D eigenvalue weighted by Crippen LogP contribution is -2.48. The van der Waals surface area contributed by atoms with Crippen molar-refractivity contribution in [2.45, 2.75) is 70.9 Å². The van der Waals surface area contributed by atoms with Gasteiger partial charge in [0, 0.05) is 6.54 Å². The summed E-state index contributed by atoms with van der Waals surface area (Å²) in [5.74, 6) is -0.815. The molecule has 0 aliphatic rings. The average molecular weight is 327 g/mol. The van der Waals surface area contributed by atoms with E-state index in [2.05, 4.69) is 0 Å². The molecule has 0 bridgehead atoms.